The van der Waals surface area contributed by atoms with E-state index >= 15 is 0 Å². The molecule has 2 nitrogen and oxygen atoms in total. The first-order chi connectivity index (χ1) is 16.7. The third-order valence-corrected chi connectivity index (χ3v) is 6.75. The SMILES string of the molecule is Cc1ccc2ccc(-c3ccnc(-c4cccc5c4oc4c6ccccc6ccc54)c3)cc2c1. The smallest absolute Gasteiger partial charge is 0.144 e. The third kappa shape index (κ3) is 2.93. The van der Waals surface area contributed by atoms with E-state index in [1.54, 1.807) is 0 Å². The lowest BCUT2D eigenvalue weighted by molar-refractivity contribution is 0.673. The van der Waals surface area contributed by atoms with E-state index in [1.807, 2.05) is 6.20 Å². The van der Waals surface area contributed by atoms with Crippen molar-refractivity contribution in [3.63, 3.8) is 0 Å². The third-order valence-electron chi connectivity index (χ3n) is 6.75. The van der Waals surface area contributed by atoms with E-state index < -0.39 is 0 Å². The van der Waals surface area contributed by atoms with Gasteiger partial charge in [-0.2, -0.15) is 0 Å². The van der Waals surface area contributed by atoms with Crippen LogP contribution in [-0.2, 0) is 0 Å². The van der Waals surface area contributed by atoms with Crippen molar-refractivity contribution in [2.75, 3.05) is 0 Å². The molecule has 34 heavy (non-hydrogen) atoms. The fourth-order valence-corrected chi connectivity index (χ4v) is 5.03. The first kappa shape index (κ1) is 19.1. The number of rotatable bonds is 2. The summed E-state index contributed by atoms with van der Waals surface area (Å²) in [4.78, 5) is 4.73. The van der Waals surface area contributed by atoms with Crippen molar-refractivity contribution in [1.82, 2.24) is 4.98 Å². The Morgan fingerprint density at radius 3 is 2.32 bits per heavy atom. The lowest BCUT2D eigenvalue weighted by atomic mass is 9.99. The van der Waals surface area contributed by atoms with Crippen LogP contribution in [-0.4, -0.2) is 4.98 Å². The number of nitrogens with zero attached hydrogens (tertiary/aromatic N) is 1. The Balaban J connectivity index is 1.42. The molecule has 5 aromatic carbocycles. The van der Waals surface area contributed by atoms with Crippen molar-refractivity contribution in [3.8, 4) is 22.4 Å². The van der Waals surface area contributed by atoms with Crippen molar-refractivity contribution >= 4 is 43.5 Å². The van der Waals surface area contributed by atoms with Gasteiger partial charge in [0.2, 0.25) is 0 Å². The predicted molar refractivity (Wildman–Crippen MR) is 142 cm³/mol. The average Bonchev–Trinajstić information content (AvgIpc) is 3.28. The Bertz CT molecular complexity index is 1880. The minimum absolute atomic E-state index is 0.882. The van der Waals surface area contributed by atoms with E-state index in [1.165, 1.54) is 27.3 Å². The van der Waals surface area contributed by atoms with Gasteiger partial charge in [0, 0.05) is 27.9 Å². The van der Waals surface area contributed by atoms with Crippen molar-refractivity contribution < 1.29 is 4.42 Å². The largest absolute Gasteiger partial charge is 0.455 e. The van der Waals surface area contributed by atoms with Crippen LogP contribution >= 0.6 is 0 Å². The maximum atomic E-state index is 6.53. The van der Waals surface area contributed by atoms with E-state index in [0.717, 1.165) is 44.1 Å². The molecular formula is C32H21NO. The van der Waals surface area contributed by atoms with Crippen molar-refractivity contribution in [2.45, 2.75) is 6.92 Å². The summed E-state index contributed by atoms with van der Waals surface area (Å²) < 4.78 is 6.53. The highest BCUT2D eigenvalue weighted by atomic mass is 16.3. The molecule has 0 amide bonds. The normalized spacial score (nSPS) is 11.7. The lowest BCUT2D eigenvalue weighted by Crippen LogP contribution is -1.86. The van der Waals surface area contributed by atoms with Gasteiger partial charge in [0.25, 0.3) is 0 Å². The maximum Gasteiger partial charge on any atom is 0.144 e. The summed E-state index contributed by atoms with van der Waals surface area (Å²) in [5.41, 5.74) is 7.34. The molecule has 0 aliphatic heterocycles. The molecule has 160 valence electrons. The van der Waals surface area contributed by atoms with E-state index in [0.29, 0.717) is 0 Å². The van der Waals surface area contributed by atoms with Crippen molar-refractivity contribution in [2.24, 2.45) is 0 Å². The average molecular weight is 436 g/mol. The first-order valence-electron chi connectivity index (χ1n) is 11.5. The topological polar surface area (TPSA) is 26.0 Å². The summed E-state index contributed by atoms with van der Waals surface area (Å²) in [7, 11) is 0. The molecule has 0 aliphatic rings. The summed E-state index contributed by atoms with van der Waals surface area (Å²) in [6.07, 6.45) is 1.89. The first-order valence-corrected chi connectivity index (χ1v) is 11.5. The van der Waals surface area contributed by atoms with Gasteiger partial charge in [0.05, 0.1) is 5.69 Å². The minimum Gasteiger partial charge on any atom is -0.455 e. The Morgan fingerprint density at radius 1 is 0.559 bits per heavy atom. The molecule has 0 atom stereocenters. The van der Waals surface area contributed by atoms with E-state index in [-0.39, 0.29) is 0 Å². The molecule has 0 fully saturated rings. The predicted octanol–water partition coefficient (Wildman–Crippen LogP) is 8.93. The zero-order valence-electron chi connectivity index (χ0n) is 18.7. The van der Waals surface area contributed by atoms with Gasteiger partial charge >= 0.3 is 0 Å². The molecule has 2 heteroatoms. The molecule has 2 aromatic heterocycles. The molecule has 0 saturated carbocycles. The van der Waals surface area contributed by atoms with Gasteiger partial charge in [-0.1, -0.05) is 78.4 Å². The fraction of sp³-hybridized carbons (Fsp3) is 0.0312. The number of hydrogen-bond donors (Lipinski definition) is 0. The molecule has 2 heterocycles. The number of aryl methyl sites for hydroxylation is 1. The van der Waals surface area contributed by atoms with Crippen LogP contribution in [0.2, 0.25) is 0 Å². The van der Waals surface area contributed by atoms with Crippen LogP contribution in [0, 0.1) is 6.92 Å². The molecule has 0 N–H and O–H groups in total. The number of fused-ring (bicyclic) bond motifs is 6. The van der Waals surface area contributed by atoms with Gasteiger partial charge < -0.3 is 4.42 Å². The van der Waals surface area contributed by atoms with Crippen molar-refractivity contribution in [3.05, 3.63) is 115 Å². The van der Waals surface area contributed by atoms with E-state index in [2.05, 4.69) is 110 Å². The van der Waals surface area contributed by atoms with Gasteiger partial charge in [-0.15, -0.1) is 0 Å². The fourth-order valence-electron chi connectivity index (χ4n) is 5.03. The number of benzene rings is 5. The summed E-state index contributed by atoms with van der Waals surface area (Å²) in [5, 5.41) is 7.07. The number of hydrogen-bond acceptors (Lipinski definition) is 2. The monoisotopic (exact) mass is 435 g/mol. The number of pyridine rings is 1. The van der Waals surface area contributed by atoms with E-state index in [9.17, 15) is 0 Å². The van der Waals surface area contributed by atoms with Crippen LogP contribution in [0.25, 0.3) is 65.9 Å². The summed E-state index contributed by atoms with van der Waals surface area (Å²) in [5.74, 6) is 0. The number of para-hydroxylation sites is 1. The number of furan rings is 1. The molecular weight excluding hydrogens is 414 g/mol. The quantitative estimate of drug-likeness (QED) is 0.271. The van der Waals surface area contributed by atoms with Crippen LogP contribution < -0.4 is 0 Å². The van der Waals surface area contributed by atoms with Crippen LogP contribution in [0.5, 0.6) is 0 Å². The molecule has 0 saturated heterocycles. The highest BCUT2D eigenvalue weighted by molar-refractivity contribution is 6.17. The zero-order valence-corrected chi connectivity index (χ0v) is 18.7. The zero-order chi connectivity index (χ0) is 22.6. The van der Waals surface area contributed by atoms with E-state index in [4.69, 9.17) is 9.40 Å². The van der Waals surface area contributed by atoms with Crippen molar-refractivity contribution in [1.29, 1.82) is 0 Å². The Kier molecular flexibility index (Phi) is 4.09. The number of aromatic nitrogens is 1. The summed E-state index contributed by atoms with van der Waals surface area (Å²) >= 11 is 0. The van der Waals surface area contributed by atoms with Crippen LogP contribution in [0.15, 0.2) is 114 Å². The van der Waals surface area contributed by atoms with Crippen LogP contribution in [0.4, 0.5) is 0 Å². The van der Waals surface area contributed by atoms with Crippen LogP contribution in [0.1, 0.15) is 5.56 Å². The van der Waals surface area contributed by atoms with Gasteiger partial charge in [-0.25, -0.2) is 0 Å². The molecule has 0 spiro atoms. The van der Waals surface area contributed by atoms with Gasteiger partial charge in [-0.05, 0) is 64.5 Å². The highest BCUT2D eigenvalue weighted by Crippen LogP contribution is 2.39. The highest BCUT2D eigenvalue weighted by Gasteiger charge is 2.15. The molecule has 0 bridgehead atoms. The minimum atomic E-state index is 0.882. The molecule has 7 rings (SSSR count). The molecule has 0 unspecified atom stereocenters. The standard InChI is InChI=1S/C32H21NO/c1-20-9-10-21-11-12-23(18-25(21)17-20)24-15-16-33-30(19-24)29-8-4-7-27-28-14-13-22-5-2-3-6-26(22)31(28)34-32(27)29/h2-19H,1H3. The van der Waals surface area contributed by atoms with Gasteiger partial charge in [-0.3, -0.25) is 4.98 Å². The van der Waals surface area contributed by atoms with Gasteiger partial charge in [0.15, 0.2) is 0 Å². The summed E-state index contributed by atoms with van der Waals surface area (Å²) in [6, 6.07) is 36.5. The second kappa shape index (κ2) is 7.29. The second-order valence-electron chi connectivity index (χ2n) is 8.94. The Morgan fingerprint density at radius 2 is 1.35 bits per heavy atom. The molecule has 0 aliphatic carbocycles. The molecule has 7 aromatic rings. The molecule has 0 radical (unpaired) electrons. The van der Waals surface area contributed by atoms with Crippen LogP contribution in [0.3, 0.4) is 0 Å². The summed E-state index contributed by atoms with van der Waals surface area (Å²) in [6.45, 7) is 2.13. The second-order valence-corrected chi connectivity index (χ2v) is 8.94. The Labute approximate surface area is 197 Å². The van der Waals surface area contributed by atoms with Gasteiger partial charge in [0.1, 0.15) is 11.2 Å². The maximum absolute atomic E-state index is 6.53. The lowest BCUT2D eigenvalue weighted by Gasteiger charge is -2.08. The Hall–Kier alpha value is -4.43.